The summed E-state index contributed by atoms with van der Waals surface area (Å²) in [6.45, 7) is 0. The molecule has 0 heterocycles. The van der Waals surface area contributed by atoms with E-state index in [1.165, 1.54) is 0 Å². The van der Waals surface area contributed by atoms with Crippen LogP contribution >= 0.6 is 0 Å². The molecule has 0 saturated heterocycles. The summed E-state index contributed by atoms with van der Waals surface area (Å²) in [5.41, 5.74) is -2.97. The largest absolute Gasteiger partial charge is 3.00 e. The smallest absolute Gasteiger partial charge is 0.550 e. The SMILES string of the molecule is O=C([O-])CC(O)(CC(=O)[O-])C(=O)[O-].[Al+3].[NH4+]. The molecule has 0 aromatic rings. The molecule has 0 aromatic heterocycles. The maximum atomic E-state index is 10.1. The summed E-state index contributed by atoms with van der Waals surface area (Å²) in [7, 11) is 0. The molecule has 0 aromatic carbocycles. The summed E-state index contributed by atoms with van der Waals surface area (Å²) in [5, 5.41) is 38.9. The van der Waals surface area contributed by atoms with Crippen molar-refractivity contribution in [2.24, 2.45) is 0 Å². The average Bonchev–Trinajstić information content (AvgIpc) is 1.82. The van der Waals surface area contributed by atoms with E-state index in [-0.39, 0.29) is 23.5 Å². The van der Waals surface area contributed by atoms with Gasteiger partial charge in [-0.15, -0.1) is 0 Å². The number of aliphatic hydroxyl groups is 1. The molecule has 9 heteroatoms. The average molecular weight is 234 g/mol. The molecule has 0 saturated carbocycles. The Morgan fingerprint density at radius 3 is 1.40 bits per heavy atom. The van der Waals surface area contributed by atoms with E-state index in [4.69, 9.17) is 5.11 Å². The molecule has 5 N–H and O–H groups in total. The minimum atomic E-state index is -2.97. The molecule has 0 bridgehead atoms. The van der Waals surface area contributed by atoms with Crippen molar-refractivity contribution in [3.05, 3.63) is 0 Å². The van der Waals surface area contributed by atoms with Crippen molar-refractivity contribution in [1.29, 1.82) is 0 Å². The molecule has 0 aliphatic carbocycles. The van der Waals surface area contributed by atoms with Crippen molar-refractivity contribution < 1.29 is 34.8 Å². The predicted molar refractivity (Wildman–Crippen MR) is 40.9 cm³/mol. The third-order valence-corrected chi connectivity index (χ3v) is 1.25. The maximum absolute atomic E-state index is 10.1. The molecule has 0 aliphatic heterocycles. The summed E-state index contributed by atoms with van der Waals surface area (Å²) in [6, 6.07) is 0. The Morgan fingerprint density at radius 1 is 1.00 bits per heavy atom. The zero-order chi connectivity index (χ0) is 10.6. The van der Waals surface area contributed by atoms with Gasteiger partial charge in [-0.25, -0.2) is 0 Å². The number of aliphatic carboxylic acids is 3. The van der Waals surface area contributed by atoms with Gasteiger partial charge in [-0.05, 0) is 0 Å². The minimum Gasteiger partial charge on any atom is -0.550 e. The Balaban J connectivity index is -0.000000720. The first kappa shape index (κ1) is 19.4. The van der Waals surface area contributed by atoms with Gasteiger partial charge in [0.1, 0.15) is 5.60 Å². The maximum Gasteiger partial charge on any atom is 3.00 e. The van der Waals surface area contributed by atoms with E-state index in [2.05, 4.69) is 0 Å². The van der Waals surface area contributed by atoms with Crippen molar-refractivity contribution >= 4 is 35.3 Å². The van der Waals surface area contributed by atoms with Gasteiger partial charge in [0.15, 0.2) is 0 Å². The molecule has 0 radical (unpaired) electrons. The fourth-order valence-electron chi connectivity index (χ4n) is 0.684. The number of carbonyl (C=O) groups excluding carboxylic acids is 3. The molecule has 0 amide bonds. The van der Waals surface area contributed by atoms with E-state index in [1.54, 1.807) is 0 Å². The van der Waals surface area contributed by atoms with Crippen LogP contribution in [0.1, 0.15) is 12.8 Å². The minimum absolute atomic E-state index is 0. The van der Waals surface area contributed by atoms with Crippen molar-refractivity contribution in [1.82, 2.24) is 6.15 Å². The van der Waals surface area contributed by atoms with Gasteiger partial charge in [-0.1, -0.05) is 0 Å². The Kier molecular flexibility index (Phi) is 9.32. The Labute approximate surface area is 95.2 Å². The van der Waals surface area contributed by atoms with Gasteiger partial charge in [-0.2, -0.15) is 0 Å². The molecule has 82 valence electrons. The number of rotatable bonds is 5. The fourth-order valence-corrected chi connectivity index (χ4v) is 0.684. The molecule has 15 heavy (non-hydrogen) atoms. The van der Waals surface area contributed by atoms with Crippen LogP contribution in [0, 0.1) is 0 Å². The summed E-state index contributed by atoms with van der Waals surface area (Å²) in [6.07, 6.45) is -2.72. The molecule has 8 nitrogen and oxygen atoms in total. The van der Waals surface area contributed by atoms with Crippen LogP contribution < -0.4 is 21.5 Å². The van der Waals surface area contributed by atoms with Crippen LogP contribution in [-0.4, -0.2) is 46.0 Å². The monoisotopic (exact) mass is 234 g/mol. The fraction of sp³-hybridized carbons (Fsp3) is 0.500. The van der Waals surface area contributed by atoms with E-state index < -0.39 is 36.4 Å². The summed E-state index contributed by atoms with van der Waals surface area (Å²) in [5.74, 6) is -5.98. The van der Waals surface area contributed by atoms with Crippen LogP contribution in [0.5, 0.6) is 0 Å². The number of quaternary nitrogens is 1. The third kappa shape index (κ3) is 6.87. The molecule has 0 aliphatic rings. The molecule has 0 atom stereocenters. The molecule has 0 unspecified atom stereocenters. The van der Waals surface area contributed by atoms with E-state index in [0.717, 1.165) is 0 Å². The summed E-state index contributed by atoms with van der Waals surface area (Å²) in [4.78, 5) is 30.0. The standard InChI is InChI=1S/C6H8O7.Al.H3N/c7-3(8)1-6(13,5(11)12)2-4(9)10;;/h13H,1-2H2,(H,7,8)(H,9,10)(H,11,12);;1H3/q;+3;/p-2. The number of hydrogen-bond acceptors (Lipinski definition) is 7. The van der Waals surface area contributed by atoms with Crippen LogP contribution in [0.4, 0.5) is 0 Å². The van der Waals surface area contributed by atoms with E-state index in [1.807, 2.05) is 0 Å². The first-order valence-electron chi connectivity index (χ1n) is 3.11. The van der Waals surface area contributed by atoms with Gasteiger partial charge in [-0.3, -0.25) is 0 Å². The first-order chi connectivity index (χ1) is 5.78. The number of carboxylic acid groups (broad SMARTS) is 3. The molecule has 0 fully saturated rings. The zero-order valence-corrected chi connectivity index (χ0v) is 9.04. The summed E-state index contributed by atoms with van der Waals surface area (Å²) >= 11 is 0. The van der Waals surface area contributed by atoms with Crippen molar-refractivity contribution in [2.45, 2.75) is 18.4 Å². The summed E-state index contributed by atoms with van der Waals surface area (Å²) < 4.78 is 0. The molecule has 0 spiro atoms. The van der Waals surface area contributed by atoms with E-state index >= 15 is 0 Å². The van der Waals surface area contributed by atoms with Gasteiger partial charge >= 0.3 is 17.4 Å². The first-order valence-corrected chi connectivity index (χ1v) is 3.11. The van der Waals surface area contributed by atoms with Crippen molar-refractivity contribution in [3.63, 3.8) is 0 Å². The molecular weight excluding hydrogens is 225 g/mol. The Bertz CT molecular complexity index is 238. The van der Waals surface area contributed by atoms with Gasteiger partial charge in [0.05, 0.1) is 5.97 Å². The van der Waals surface area contributed by atoms with Crippen molar-refractivity contribution in [3.8, 4) is 0 Å². The quantitative estimate of drug-likeness (QED) is 0.446. The normalized spacial score (nSPS) is 9.40. The third-order valence-electron chi connectivity index (χ3n) is 1.25. The molecular formula is C6H9AlNO7+. The van der Waals surface area contributed by atoms with Crippen LogP contribution in [-0.2, 0) is 14.4 Å². The van der Waals surface area contributed by atoms with E-state index in [0.29, 0.717) is 0 Å². The number of carbonyl (C=O) groups is 3. The van der Waals surface area contributed by atoms with Gasteiger partial charge in [0.2, 0.25) is 0 Å². The Morgan fingerprint density at radius 2 is 1.27 bits per heavy atom. The predicted octanol–water partition coefficient (Wildman–Crippen LogP) is -5.26. The molecule has 0 rings (SSSR count). The van der Waals surface area contributed by atoms with Gasteiger partial charge < -0.3 is 41.0 Å². The van der Waals surface area contributed by atoms with Gasteiger partial charge in [0, 0.05) is 24.8 Å². The zero-order valence-electron chi connectivity index (χ0n) is 7.89. The van der Waals surface area contributed by atoms with Crippen LogP contribution in [0.25, 0.3) is 0 Å². The second kappa shape index (κ2) is 7.19. The topological polar surface area (TPSA) is 177 Å². The van der Waals surface area contributed by atoms with Crippen LogP contribution in [0.3, 0.4) is 0 Å². The second-order valence-electron chi connectivity index (χ2n) is 2.42. The van der Waals surface area contributed by atoms with Gasteiger partial charge in [0.25, 0.3) is 0 Å². The Hall–Kier alpha value is -1.14. The van der Waals surface area contributed by atoms with Crippen LogP contribution in [0.15, 0.2) is 0 Å². The number of carboxylic acids is 3. The second-order valence-corrected chi connectivity index (χ2v) is 2.42. The van der Waals surface area contributed by atoms with Crippen LogP contribution in [0.2, 0.25) is 0 Å². The van der Waals surface area contributed by atoms with Crippen molar-refractivity contribution in [2.75, 3.05) is 0 Å². The number of hydrogen-bond donors (Lipinski definition) is 2. The van der Waals surface area contributed by atoms with E-state index in [9.17, 15) is 29.7 Å².